The number of carbonyl (C=O) groups excluding carboxylic acids is 1. The van der Waals surface area contributed by atoms with Gasteiger partial charge >= 0.3 is 12.1 Å². The van der Waals surface area contributed by atoms with Gasteiger partial charge in [0.05, 0.1) is 35.1 Å². The molecule has 0 radical (unpaired) electrons. The lowest BCUT2D eigenvalue weighted by atomic mass is 9.87. The van der Waals surface area contributed by atoms with E-state index in [0.29, 0.717) is 4.68 Å². The van der Waals surface area contributed by atoms with E-state index in [1.54, 1.807) is 12.1 Å². The molecule has 0 spiro atoms. The number of nitrogens with zero attached hydrogens (tertiary/aromatic N) is 3. The van der Waals surface area contributed by atoms with Gasteiger partial charge in [0.1, 0.15) is 17.1 Å². The Bertz CT molecular complexity index is 1410. The smallest absolute Gasteiger partial charge is 0.434 e. The summed E-state index contributed by atoms with van der Waals surface area (Å²) in [5.74, 6) is -2.52. The average Bonchev–Trinajstić information content (AvgIpc) is 3.42. The normalized spacial score (nSPS) is 12.1. The molecule has 0 aliphatic heterocycles. The molecule has 0 saturated heterocycles. The molecule has 2 heterocycles. The number of halogens is 5. The molecule has 0 unspecified atom stereocenters. The highest BCUT2D eigenvalue weighted by Crippen LogP contribution is 2.43. The summed E-state index contributed by atoms with van der Waals surface area (Å²) in [4.78, 5) is 12.7. The van der Waals surface area contributed by atoms with Gasteiger partial charge in [0.15, 0.2) is 11.5 Å². The van der Waals surface area contributed by atoms with Gasteiger partial charge in [0.2, 0.25) is 0 Å². The van der Waals surface area contributed by atoms with Crippen LogP contribution in [0.2, 0.25) is 5.02 Å². The second kappa shape index (κ2) is 9.09. The lowest BCUT2D eigenvalue weighted by molar-refractivity contribution is -0.142. The molecule has 188 valence electrons. The summed E-state index contributed by atoms with van der Waals surface area (Å²) in [6.45, 7) is 5.94. The zero-order valence-electron chi connectivity index (χ0n) is 19.6. The summed E-state index contributed by atoms with van der Waals surface area (Å²) in [7, 11) is 1.02. The minimum Gasteiger partial charge on any atom is -0.465 e. The van der Waals surface area contributed by atoms with Gasteiger partial charge in [-0.3, -0.25) is 0 Å². The number of hydrogen-bond donors (Lipinski definition) is 0. The number of benzene rings is 2. The van der Waals surface area contributed by atoms with Gasteiger partial charge in [0, 0.05) is 0 Å². The summed E-state index contributed by atoms with van der Waals surface area (Å²) < 4.78 is 68.2. The molecule has 2 aromatic heterocycles. The number of rotatable bonds is 4. The Hall–Kier alpha value is -3.66. The van der Waals surface area contributed by atoms with Crippen LogP contribution >= 0.6 is 11.6 Å². The van der Waals surface area contributed by atoms with Crippen molar-refractivity contribution >= 4 is 17.6 Å². The molecule has 0 N–H and O–H groups in total. The maximum absolute atomic E-state index is 14.6. The van der Waals surface area contributed by atoms with E-state index in [4.69, 9.17) is 20.9 Å². The Kier molecular flexibility index (Phi) is 6.42. The first-order valence-electron chi connectivity index (χ1n) is 10.6. The second-order valence-electron chi connectivity index (χ2n) is 8.94. The van der Waals surface area contributed by atoms with Crippen molar-refractivity contribution in [1.29, 1.82) is 0 Å². The van der Waals surface area contributed by atoms with E-state index in [1.165, 1.54) is 24.3 Å². The van der Waals surface area contributed by atoms with E-state index < -0.39 is 46.2 Å². The predicted octanol–water partition coefficient (Wildman–Crippen LogP) is 7.09. The Balaban J connectivity index is 1.95. The monoisotopic (exact) mass is 521 g/mol. The first-order chi connectivity index (χ1) is 16.8. The molecular formula is C25H20ClF4N3O3. The number of carbonyl (C=O) groups is 1. The molecule has 0 aliphatic carbocycles. The lowest BCUT2D eigenvalue weighted by Crippen LogP contribution is -2.16. The van der Waals surface area contributed by atoms with Crippen LogP contribution < -0.4 is 0 Å². The minimum absolute atomic E-state index is 0.120. The first-order valence-corrected chi connectivity index (χ1v) is 11.0. The fourth-order valence-corrected chi connectivity index (χ4v) is 4.00. The number of methoxy groups -OCH3 is 1. The number of ether oxygens (including phenoxy) is 1. The number of hydrogen-bond acceptors (Lipinski definition) is 5. The number of alkyl halides is 3. The minimum atomic E-state index is -4.91. The Labute approximate surface area is 208 Å². The van der Waals surface area contributed by atoms with Crippen molar-refractivity contribution in [3.8, 4) is 28.3 Å². The highest BCUT2D eigenvalue weighted by molar-refractivity contribution is 6.33. The van der Waals surface area contributed by atoms with Crippen molar-refractivity contribution < 1.29 is 31.6 Å². The number of esters is 1. The Morgan fingerprint density at radius 2 is 1.75 bits per heavy atom. The molecule has 0 bridgehead atoms. The molecule has 4 rings (SSSR count). The molecule has 0 atom stereocenters. The summed E-state index contributed by atoms with van der Waals surface area (Å²) in [6, 6.07) is 10.2. The van der Waals surface area contributed by atoms with Crippen molar-refractivity contribution in [2.75, 3.05) is 7.11 Å². The first kappa shape index (κ1) is 25.4. The van der Waals surface area contributed by atoms with Crippen molar-refractivity contribution in [1.82, 2.24) is 14.9 Å². The van der Waals surface area contributed by atoms with Crippen LogP contribution in [0, 0.1) is 5.82 Å². The molecule has 0 fully saturated rings. The summed E-state index contributed by atoms with van der Waals surface area (Å²) >= 11 is 6.10. The molecule has 36 heavy (non-hydrogen) atoms. The maximum Gasteiger partial charge on any atom is 0.434 e. The standard InChI is InChI=1S/C25H20ClF4N3O3/c1-24(2,3)13-8-10-14(11-9-13)33-22(25(28,29)30)15(12-31-33)21-19(23(34)35-4)20(32-36-21)18-16(26)6-5-7-17(18)27/h5-12H,1-4H3. The van der Waals surface area contributed by atoms with Gasteiger partial charge in [-0.05, 0) is 35.2 Å². The van der Waals surface area contributed by atoms with E-state index in [-0.39, 0.29) is 21.7 Å². The highest BCUT2D eigenvalue weighted by Gasteiger charge is 2.42. The fraction of sp³-hybridized carbons (Fsp3) is 0.240. The molecule has 0 aliphatic rings. The zero-order chi connectivity index (χ0) is 26.4. The Morgan fingerprint density at radius 3 is 2.31 bits per heavy atom. The van der Waals surface area contributed by atoms with Crippen molar-refractivity contribution in [3.63, 3.8) is 0 Å². The van der Waals surface area contributed by atoms with E-state index >= 15 is 0 Å². The molecule has 2 aromatic carbocycles. The molecule has 0 saturated carbocycles. The molecule has 6 nitrogen and oxygen atoms in total. The third-order valence-corrected chi connectivity index (χ3v) is 5.86. The van der Waals surface area contributed by atoms with Gasteiger partial charge < -0.3 is 9.26 Å². The van der Waals surface area contributed by atoms with Crippen LogP contribution in [0.5, 0.6) is 0 Å². The zero-order valence-corrected chi connectivity index (χ0v) is 20.3. The largest absolute Gasteiger partial charge is 0.465 e. The summed E-state index contributed by atoms with van der Waals surface area (Å²) in [5, 5.41) is 7.49. The summed E-state index contributed by atoms with van der Waals surface area (Å²) in [6.07, 6.45) is -4.01. The van der Waals surface area contributed by atoms with E-state index in [9.17, 15) is 22.4 Å². The topological polar surface area (TPSA) is 70.2 Å². The van der Waals surface area contributed by atoms with E-state index in [2.05, 4.69) is 10.3 Å². The van der Waals surface area contributed by atoms with Crippen LogP contribution in [-0.2, 0) is 16.3 Å². The van der Waals surface area contributed by atoms with Gasteiger partial charge in [-0.2, -0.15) is 18.3 Å². The number of aromatic nitrogens is 3. The maximum atomic E-state index is 14.6. The second-order valence-corrected chi connectivity index (χ2v) is 9.34. The molecule has 11 heteroatoms. The quantitative estimate of drug-likeness (QED) is 0.212. The lowest BCUT2D eigenvalue weighted by Gasteiger charge is -2.19. The van der Waals surface area contributed by atoms with Crippen LogP contribution in [0.4, 0.5) is 17.6 Å². The Morgan fingerprint density at radius 1 is 1.08 bits per heavy atom. The third kappa shape index (κ3) is 4.48. The van der Waals surface area contributed by atoms with Crippen LogP contribution in [-0.4, -0.2) is 28.0 Å². The third-order valence-electron chi connectivity index (χ3n) is 5.54. The van der Waals surface area contributed by atoms with Crippen LogP contribution in [0.3, 0.4) is 0 Å². The van der Waals surface area contributed by atoms with E-state index in [1.807, 2.05) is 20.8 Å². The van der Waals surface area contributed by atoms with Crippen molar-refractivity contribution in [2.24, 2.45) is 0 Å². The van der Waals surface area contributed by atoms with Gasteiger partial charge in [-0.15, -0.1) is 0 Å². The van der Waals surface area contributed by atoms with Crippen LogP contribution in [0.1, 0.15) is 42.4 Å². The fourth-order valence-electron chi connectivity index (χ4n) is 3.75. The predicted molar refractivity (Wildman–Crippen MR) is 125 cm³/mol. The van der Waals surface area contributed by atoms with Crippen LogP contribution in [0.15, 0.2) is 53.2 Å². The van der Waals surface area contributed by atoms with Gasteiger partial charge in [-0.25, -0.2) is 13.9 Å². The summed E-state index contributed by atoms with van der Waals surface area (Å²) in [5.41, 5.74) is -2.16. The van der Waals surface area contributed by atoms with E-state index in [0.717, 1.165) is 24.9 Å². The molecule has 4 aromatic rings. The SMILES string of the molecule is COC(=O)c1c(-c2c(F)cccc2Cl)noc1-c1cnn(-c2ccc(C(C)(C)C)cc2)c1C(F)(F)F. The van der Waals surface area contributed by atoms with Crippen LogP contribution in [0.25, 0.3) is 28.3 Å². The highest BCUT2D eigenvalue weighted by atomic mass is 35.5. The van der Waals surface area contributed by atoms with Gasteiger partial charge in [0.25, 0.3) is 0 Å². The molecule has 0 amide bonds. The molecular weight excluding hydrogens is 502 g/mol. The van der Waals surface area contributed by atoms with Crippen molar-refractivity contribution in [2.45, 2.75) is 32.4 Å². The average molecular weight is 522 g/mol. The van der Waals surface area contributed by atoms with Gasteiger partial charge in [-0.1, -0.05) is 55.7 Å². The van der Waals surface area contributed by atoms with Crippen molar-refractivity contribution in [3.05, 3.63) is 76.3 Å².